The summed E-state index contributed by atoms with van der Waals surface area (Å²) in [5.74, 6) is -0.302. The molecule has 0 aliphatic carbocycles. The van der Waals surface area contributed by atoms with Crippen LogP contribution < -0.4 is 5.32 Å². The van der Waals surface area contributed by atoms with Crippen LogP contribution in [-0.2, 0) is 9.53 Å². The summed E-state index contributed by atoms with van der Waals surface area (Å²) in [4.78, 5) is 14.1. The van der Waals surface area contributed by atoms with Crippen molar-refractivity contribution >= 4 is 5.97 Å². The van der Waals surface area contributed by atoms with Gasteiger partial charge in [0.1, 0.15) is 11.8 Å². The molecule has 1 aromatic carbocycles. The summed E-state index contributed by atoms with van der Waals surface area (Å²) in [5.41, 5.74) is 0.541. The summed E-state index contributed by atoms with van der Waals surface area (Å²) in [5, 5.41) is 13.0. The van der Waals surface area contributed by atoms with E-state index in [9.17, 15) is 9.90 Å². The molecule has 1 aromatic rings. The maximum atomic E-state index is 11.9. The highest BCUT2D eigenvalue weighted by molar-refractivity contribution is 5.78. The van der Waals surface area contributed by atoms with Crippen LogP contribution in [0.3, 0.4) is 0 Å². The number of ether oxygens (including phenoxy) is 1. The van der Waals surface area contributed by atoms with Gasteiger partial charge in [-0.15, -0.1) is 0 Å². The Morgan fingerprint density at radius 1 is 1.35 bits per heavy atom. The molecule has 0 aliphatic rings. The molecule has 0 radical (unpaired) electrons. The third-order valence-corrected chi connectivity index (χ3v) is 3.36. The topological polar surface area (TPSA) is 61.8 Å². The first-order chi connectivity index (χ1) is 9.63. The summed E-state index contributed by atoms with van der Waals surface area (Å²) in [6, 6.07) is 6.16. The lowest BCUT2D eigenvalue weighted by Gasteiger charge is -2.21. The Bertz CT molecular complexity index is 419. The smallest absolute Gasteiger partial charge is 0.327 e. The van der Waals surface area contributed by atoms with Gasteiger partial charge in [0.2, 0.25) is 0 Å². The number of methoxy groups -OCH3 is 1. The summed E-state index contributed by atoms with van der Waals surface area (Å²) < 4.78 is 4.81. The van der Waals surface area contributed by atoms with Gasteiger partial charge in [-0.05, 0) is 19.2 Å². The second-order valence-corrected chi connectivity index (χ2v) is 4.50. The number of nitrogens with zero attached hydrogens (tertiary/aromatic N) is 1. The van der Waals surface area contributed by atoms with E-state index in [0.29, 0.717) is 12.1 Å². The van der Waals surface area contributed by atoms with Gasteiger partial charge < -0.3 is 14.7 Å². The van der Waals surface area contributed by atoms with E-state index in [2.05, 4.69) is 24.1 Å². The minimum atomic E-state index is -0.642. The van der Waals surface area contributed by atoms with Crippen molar-refractivity contribution in [2.24, 2.45) is 0 Å². The summed E-state index contributed by atoms with van der Waals surface area (Å²) in [6.07, 6.45) is 0. The number of aromatic hydroxyl groups is 1. The molecule has 0 saturated carbocycles. The van der Waals surface area contributed by atoms with Crippen molar-refractivity contribution in [3.05, 3.63) is 29.8 Å². The van der Waals surface area contributed by atoms with E-state index < -0.39 is 12.0 Å². The molecule has 1 atom stereocenters. The third-order valence-electron chi connectivity index (χ3n) is 3.36. The van der Waals surface area contributed by atoms with Crippen molar-refractivity contribution in [2.45, 2.75) is 19.9 Å². The van der Waals surface area contributed by atoms with Gasteiger partial charge in [-0.3, -0.25) is 5.32 Å². The van der Waals surface area contributed by atoms with E-state index in [4.69, 9.17) is 4.74 Å². The molecule has 1 rings (SSSR count). The van der Waals surface area contributed by atoms with Crippen LogP contribution in [0.1, 0.15) is 25.5 Å². The number of para-hydroxylation sites is 1. The Labute approximate surface area is 120 Å². The normalized spacial score (nSPS) is 12.4. The van der Waals surface area contributed by atoms with Gasteiger partial charge in [-0.25, -0.2) is 4.79 Å². The zero-order valence-corrected chi connectivity index (χ0v) is 12.4. The average Bonchev–Trinajstić information content (AvgIpc) is 2.48. The molecule has 0 amide bonds. The van der Waals surface area contributed by atoms with E-state index in [0.717, 1.165) is 19.6 Å². The number of phenols is 1. The average molecular weight is 280 g/mol. The zero-order chi connectivity index (χ0) is 15.0. The van der Waals surface area contributed by atoms with Crippen molar-refractivity contribution < 1.29 is 14.6 Å². The number of carbonyl (C=O) groups is 1. The van der Waals surface area contributed by atoms with E-state index >= 15 is 0 Å². The fraction of sp³-hybridized carbons (Fsp3) is 0.533. The molecular formula is C15H24N2O3. The van der Waals surface area contributed by atoms with Gasteiger partial charge in [-0.2, -0.15) is 0 Å². The molecule has 0 fully saturated rings. The number of likely N-dealkylation sites (N-methyl/N-ethyl adjacent to an activating group) is 1. The molecule has 0 saturated heterocycles. The SMILES string of the molecule is CCN(CC)CCNC(C(=O)OC)c1ccccc1O. The lowest BCUT2D eigenvalue weighted by molar-refractivity contribution is -0.143. The zero-order valence-electron chi connectivity index (χ0n) is 12.4. The van der Waals surface area contributed by atoms with Crippen LogP contribution in [0.15, 0.2) is 24.3 Å². The van der Waals surface area contributed by atoms with E-state index in [1.54, 1.807) is 24.3 Å². The van der Waals surface area contributed by atoms with Crippen LogP contribution in [0.5, 0.6) is 5.75 Å². The number of hydrogen-bond donors (Lipinski definition) is 2. The second kappa shape index (κ2) is 8.55. The van der Waals surface area contributed by atoms with Gasteiger partial charge in [0.05, 0.1) is 7.11 Å². The number of phenolic OH excluding ortho intramolecular Hbond substituents is 1. The van der Waals surface area contributed by atoms with Gasteiger partial charge in [0.25, 0.3) is 0 Å². The predicted octanol–water partition coefficient (Wildman–Crippen LogP) is 1.54. The minimum absolute atomic E-state index is 0.0956. The highest BCUT2D eigenvalue weighted by atomic mass is 16.5. The molecule has 0 aromatic heterocycles. The predicted molar refractivity (Wildman–Crippen MR) is 78.7 cm³/mol. The monoisotopic (exact) mass is 280 g/mol. The Morgan fingerprint density at radius 2 is 2.00 bits per heavy atom. The van der Waals surface area contributed by atoms with Crippen molar-refractivity contribution in [1.29, 1.82) is 0 Å². The second-order valence-electron chi connectivity index (χ2n) is 4.50. The maximum Gasteiger partial charge on any atom is 0.327 e. The van der Waals surface area contributed by atoms with Gasteiger partial charge >= 0.3 is 5.97 Å². The maximum absolute atomic E-state index is 11.9. The van der Waals surface area contributed by atoms with Crippen LogP contribution in [0.2, 0.25) is 0 Å². The van der Waals surface area contributed by atoms with E-state index in [1.165, 1.54) is 7.11 Å². The van der Waals surface area contributed by atoms with Gasteiger partial charge in [-0.1, -0.05) is 32.0 Å². The Balaban J connectivity index is 2.72. The number of hydrogen-bond acceptors (Lipinski definition) is 5. The quantitative estimate of drug-likeness (QED) is 0.707. The molecule has 0 aliphatic heterocycles. The van der Waals surface area contributed by atoms with Crippen LogP contribution in [-0.4, -0.2) is 49.3 Å². The van der Waals surface area contributed by atoms with Crippen LogP contribution in [0.25, 0.3) is 0 Å². The molecule has 0 bridgehead atoms. The summed E-state index contributed by atoms with van der Waals surface area (Å²) >= 11 is 0. The number of benzene rings is 1. The Hall–Kier alpha value is -1.59. The van der Waals surface area contributed by atoms with E-state index in [-0.39, 0.29) is 5.75 Å². The minimum Gasteiger partial charge on any atom is -0.508 e. The number of carbonyl (C=O) groups excluding carboxylic acids is 1. The highest BCUT2D eigenvalue weighted by Gasteiger charge is 2.23. The van der Waals surface area contributed by atoms with Crippen LogP contribution in [0.4, 0.5) is 0 Å². The standard InChI is InChI=1S/C15H24N2O3/c1-4-17(5-2)11-10-16-14(15(19)20-3)12-8-6-7-9-13(12)18/h6-9,14,16,18H,4-5,10-11H2,1-3H3. The fourth-order valence-electron chi connectivity index (χ4n) is 2.08. The molecule has 5 heteroatoms. The third kappa shape index (κ3) is 4.51. The van der Waals surface area contributed by atoms with Crippen molar-refractivity contribution in [2.75, 3.05) is 33.3 Å². The number of rotatable bonds is 8. The first-order valence-corrected chi connectivity index (χ1v) is 6.95. The highest BCUT2D eigenvalue weighted by Crippen LogP contribution is 2.24. The summed E-state index contributed by atoms with van der Waals surface area (Å²) in [6.45, 7) is 7.63. The van der Waals surface area contributed by atoms with Gasteiger partial charge in [0, 0.05) is 18.7 Å². The number of nitrogens with one attached hydrogen (secondary N) is 1. The number of esters is 1. The van der Waals surface area contributed by atoms with Crippen LogP contribution >= 0.6 is 0 Å². The molecule has 2 N–H and O–H groups in total. The molecule has 112 valence electrons. The molecule has 20 heavy (non-hydrogen) atoms. The lowest BCUT2D eigenvalue weighted by atomic mass is 10.1. The summed E-state index contributed by atoms with van der Waals surface area (Å²) in [7, 11) is 1.35. The largest absolute Gasteiger partial charge is 0.508 e. The Morgan fingerprint density at radius 3 is 2.55 bits per heavy atom. The van der Waals surface area contributed by atoms with Crippen molar-refractivity contribution in [3.8, 4) is 5.75 Å². The fourth-order valence-corrected chi connectivity index (χ4v) is 2.08. The van der Waals surface area contributed by atoms with Crippen molar-refractivity contribution in [3.63, 3.8) is 0 Å². The van der Waals surface area contributed by atoms with Crippen LogP contribution in [0, 0.1) is 0 Å². The lowest BCUT2D eigenvalue weighted by Crippen LogP contribution is -2.36. The molecular weight excluding hydrogens is 256 g/mol. The molecule has 0 heterocycles. The molecule has 5 nitrogen and oxygen atoms in total. The molecule has 1 unspecified atom stereocenters. The first kappa shape index (κ1) is 16.5. The Kier molecular flexibility index (Phi) is 7.04. The first-order valence-electron chi connectivity index (χ1n) is 6.95. The molecule has 0 spiro atoms. The van der Waals surface area contributed by atoms with Crippen molar-refractivity contribution in [1.82, 2.24) is 10.2 Å². The van der Waals surface area contributed by atoms with Gasteiger partial charge in [0.15, 0.2) is 0 Å². The van der Waals surface area contributed by atoms with E-state index in [1.807, 2.05) is 0 Å².